The highest BCUT2D eigenvalue weighted by atomic mass is 32.2. The number of carboxylic acid groups (broad SMARTS) is 1. The number of nitrogens with zero attached hydrogens (tertiary/aromatic N) is 6. The van der Waals surface area contributed by atoms with Crippen LogP contribution in [0.25, 0.3) is 0 Å². The van der Waals surface area contributed by atoms with Gasteiger partial charge in [0, 0.05) is 25.7 Å². The van der Waals surface area contributed by atoms with Crippen molar-refractivity contribution in [1.82, 2.24) is 35.7 Å². The van der Waals surface area contributed by atoms with Crippen molar-refractivity contribution >= 4 is 41.3 Å². The van der Waals surface area contributed by atoms with Crippen molar-refractivity contribution < 1.29 is 33.4 Å². The Kier molecular flexibility index (Phi) is 5.78. The van der Waals surface area contributed by atoms with Gasteiger partial charge in [-0.2, -0.15) is 0 Å². The van der Waals surface area contributed by atoms with E-state index in [9.17, 15) is 24.3 Å². The summed E-state index contributed by atoms with van der Waals surface area (Å²) in [4.78, 5) is 49.7. The molecule has 170 valence electrons. The first kappa shape index (κ1) is 22.0. The number of aliphatic carboxylic acids is 1. The molecule has 0 aliphatic carbocycles. The van der Waals surface area contributed by atoms with Gasteiger partial charge in [-0.15, -0.1) is 16.9 Å². The number of rotatable bonds is 8. The van der Waals surface area contributed by atoms with Gasteiger partial charge in [0.2, 0.25) is 5.16 Å². The quantitative estimate of drug-likeness (QED) is 0.152. The highest BCUT2D eigenvalue weighted by molar-refractivity contribution is 8.01. The summed E-state index contributed by atoms with van der Waals surface area (Å²) in [6, 6.07) is 0. The maximum atomic E-state index is 13.0. The molecule has 4 rings (SSSR count). The Morgan fingerprint density at radius 1 is 1.53 bits per heavy atom. The molecule has 0 radical (unpaired) electrons. The Bertz CT molecular complexity index is 1170. The number of carbonyl (C=O) groups is 3. The third-order valence-corrected chi connectivity index (χ3v) is 7.23. The third kappa shape index (κ3) is 3.67. The minimum Gasteiger partial charge on any atom is -0.477 e. The van der Waals surface area contributed by atoms with Crippen LogP contribution in [-0.2, 0) is 32.7 Å². The van der Waals surface area contributed by atoms with Gasteiger partial charge in [-0.1, -0.05) is 16.4 Å². The molecule has 15 nitrogen and oxygen atoms in total. The largest absolute Gasteiger partial charge is 0.477 e. The SMILES string of the molecule is CO[C@@]1(NC(=O)C[n+]2cc(=O)o[nH]2)C(=O)N2C(C(=O)O)=C(CSc3nnnn3C)CS[C@H]21. The average molecular weight is 485 g/mol. The summed E-state index contributed by atoms with van der Waals surface area (Å²) in [5.41, 5.74) is -2.05. The Morgan fingerprint density at radius 2 is 2.31 bits per heavy atom. The van der Waals surface area contributed by atoms with E-state index in [1.54, 1.807) is 7.05 Å². The van der Waals surface area contributed by atoms with Crippen LogP contribution in [0.3, 0.4) is 0 Å². The molecule has 0 unspecified atom stereocenters. The molecular weight excluding hydrogens is 468 g/mol. The van der Waals surface area contributed by atoms with Gasteiger partial charge in [0.05, 0.1) is 0 Å². The van der Waals surface area contributed by atoms with Crippen molar-refractivity contribution in [2.24, 2.45) is 7.05 Å². The molecule has 2 aromatic rings. The first-order valence-electron chi connectivity index (χ1n) is 8.96. The monoisotopic (exact) mass is 485 g/mol. The van der Waals surface area contributed by atoms with Crippen molar-refractivity contribution in [2.75, 3.05) is 18.6 Å². The van der Waals surface area contributed by atoms with Gasteiger partial charge >= 0.3 is 11.6 Å². The van der Waals surface area contributed by atoms with Crippen molar-refractivity contribution in [3.05, 3.63) is 27.9 Å². The number of hydrogen-bond donors (Lipinski definition) is 3. The number of hydrogen-bond acceptors (Lipinski definition) is 11. The van der Waals surface area contributed by atoms with Crippen LogP contribution in [0.4, 0.5) is 0 Å². The zero-order valence-electron chi connectivity index (χ0n) is 16.7. The van der Waals surface area contributed by atoms with Gasteiger partial charge in [0.1, 0.15) is 11.1 Å². The molecule has 2 atom stereocenters. The lowest BCUT2D eigenvalue weighted by molar-refractivity contribution is -0.751. The molecule has 2 aliphatic heterocycles. The molecule has 0 spiro atoms. The fourth-order valence-electron chi connectivity index (χ4n) is 3.31. The maximum absolute atomic E-state index is 13.0. The van der Waals surface area contributed by atoms with E-state index in [-0.39, 0.29) is 18.0 Å². The summed E-state index contributed by atoms with van der Waals surface area (Å²) in [5.74, 6) is -2.07. The van der Waals surface area contributed by atoms with E-state index in [1.165, 1.54) is 35.3 Å². The van der Waals surface area contributed by atoms with E-state index in [0.717, 1.165) is 15.8 Å². The summed E-state index contributed by atoms with van der Waals surface area (Å²) in [6.07, 6.45) is 1.03. The summed E-state index contributed by atoms with van der Waals surface area (Å²) in [7, 11) is 2.91. The normalized spacial score (nSPS) is 22.5. The van der Waals surface area contributed by atoms with Gasteiger partial charge in [-0.3, -0.25) is 19.0 Å². The van der Waals surface area contributed by atoms with Gasteiger partial charge in [-0.05, 0) is 21.3 Å². The molecule has 0 aromatic carbocycles. The van der Waals surface area contributed by atoms with Gasteiger partial charge in [0.15, 0.2) is 0 Å². The number of fused-ring (bicyclic) bond motifs is 1. The molecular formula is C15H17N8O7S2+. The lowest BCUT2D eigenvalue weighted by Crippen LogP contribution is -2.81. The smallest absolute Gasteiger partial charge is 0.426 e. The molecule has 0 saturated carbocycles. The number of aryl methyl sites for hydroxylation is 1. The minimum atomic E-state index is -1.74. The number of carboxylic acids is 1. The molecule has 3 N–H and O–H groups in total. The van der Waals surface area contributed by atoms with Crippen molar-refractivity contribution in [3.63, 3.8) is 0 Å². The Labute approximate surface area is 187 Å². The fraction of sp³-hybridized carbons (Fsp3) is 0.467. The second-order valence-corrected chi connectivity index (χ2v) is 8.74. The molecule has 1 fully saturated rings. The number of β-lactam (4-membered cyclic amide) rings is 1. The van der Waals surface area contributed by atoms with Crippen LogP contribution in [0, 0.1) is 0 Å². The van der Waals surface area contributed by atoms with Crippen LogP contribution < -0.4 is 15.6 Å². The molecule has 4 heterocycles. The Balaban J connectivity index is 1.53. The van der Waals surface area contributed by atoms with Gasteiger partial charge in [-0.25, -0.2) is 14.3 Å². The van der Waals surface area contributed by atoms with E-state index in [1.807, 2.05) is 0 Å². The number of nitrogens with one attached hydrogen (secondary N) is 2. The standard InChI is InChI=1S/C15H16N8O7S2/c1-21-14(17-18-19-21)32-6-7-5-31-13-15(29-2,12(28)23(13)10(7)11(26)27)16-8(24)3-22-4-9(25)30-20-22/h4,13H,3,5-6H2,1-2H3,(H2-,16,20,24,25,26,27)/p+1/t13-,15-/m0/s1. The van der Waals surface area contributed by atoms with Crippen LogP contribution in [0.1, 0.15) is 0 Å². The number of ether oxygens (including phenoxy) is 1. The number of amides is 2. The van der Waals surface area contributed by atoms with Crippen LogP contribution in [0.5, 0.6) is 0 Å². The summed E-state index contributed by atoms with van der Waals surface area (Å²) in [6.45, 7) is -0.337. The van der Waals surface area contributed by atoms with E-state index in [0.29, 0.717) is 16.5 Å². The zero-order chi connectivity index (χ0) is 23.0. The first-order chi connectivity index (χ1) is 15.3. The van der Waals surface area contributed by atoms with Gasteiger partial charge in [0.25, 0.3) is 30.3 Å². The second kappa shape index (κ2) is 8.40. The molecule has 32 heavy (non-hydrogen) atoms. The number of thioether (sulfide) groups is 2. The first-order valence-corrected chi connectivity index (χ1v) is 11.0. The zero-order valence-corrected chi connectivity index (χ0v) is 18.3. The van der Waals surface area contributed by atoms with Crippen molar-refractivity contribution in [3.8, 4) is 0 Å². The summed E-state index contributed by atoms with van der Waals surface area (Å²) in [5, 5.41) is 25.3. The fourth-order valence-corrected chi connectivity index (χ4v) is 5.74. The lowest BCUT2D eigenvalue weighted by atomic mass is 9.98. The van der Waals surface area contributed by atoms with Gasteiger partial charge < -0.3 is 15.2 Å². The van der Waals surface area contributed by atoms with Crippen LogP contribution >= 0.6 is 23.5 Å². The lowest BCUT2D eigenvalue weighted by Gasteiger charge is -2.55. The Morgan fingerprint density at radius 3 is 2.91 bits per heavy atom. The number of aromatic nitrogens is 6. The Hall–Kier alpha value is -3.18. The second-order valence-electron chi connectivity index (χ2n) is 6.73. The van der Waals surface area contributed by atoms with E-state index < -0.39 is 34.5 Å². The molecule has 2 aromatic heterocycles. The molecule has 2 amide bonds. The van der Waals surface area contributed by atoms with E-state index in [2.05, 4.69) is 30.6 Å². The predicted molar refractivity (Wildman–Crippen MR) is 105 cm³/mol. The van der Waals surface area contributed by atoms with E-state index >= 15 is 0 Å². The van der Waals surface area contributed by atoms with Crippen LogP contribution in [0.2, 0.25) is 0 Å². The average Bonchev–Trinajstić information content (AvgIpc) is 3.36. The topological polar surface area (TPSA) is 189 Å². The summed E-state index contributed by atoms with van der Waals surface area (Å²) >= 11 is 2.50. The molecule has 1 saturated heterocycles. The van der Waals surface area contributed by atoms with E-state index in [4.69, 9.17) is 4.74 Å². The van der Waals surface area contributed by atoms with Crippen LogP contribution in [-0.4, -0.2) is 83.0 Å². The minimum absolute atomic E-state index is 0.156. The van der Waals surface area contributed by atoms with Crippen molar-refractivity contribution in [1.29, 1.82) is 0 Å². The van der Waals surface area contributed by atoms with Crippen molar-refractivity contribution in [2.45, 2.75) is 22.8 Å². The number of carbonyl (C=O) groups excluding carboxylic acids is 2. The van der Waals surface area contributed by atoms with Crippen LogP contribution in [0.15, 0.2) is 31.9 Å². The number of H-pyrrole nitrogens is 1. The maximum Gasteiger partial charge on any atom is 0.426 e. The predicted octanol–water partition coefficient (Wildman–Crippen LogP) is -2.72. The molecule has 2 aliphatic rings. The molecule has 17 heteroatoms. The number of aromatic amines is 1. The summed E-state index contributed by atoms with van der Waals surface area (Å²) < 4.78 is 12.4. The molecule has 0 bridgehead atoms. The highest BCUT2D eigenvalue weighted by Gasteiger charge is 2.66. The number of methoxy groups -OCH3 is 1. The third-order valence-electron chi connectivity index (χ3n) is 4.76. The highest BCUT2D eigenvalue weighted by Crippen LogP contribution is 2.47. The number of tetrazole rings is 1.